The van der Waals surface area contributed by atoms with Crippen LogP contribution in [0.1, 0.15) is 43.8 Å². The van der Waals surface area contributed by atoms with E-state index in [4.69, 9.17) is 8.94 Å². The molecule has 1 aliphatic heterocycles. The number of β-amino-alcohol motifs (C(OH)–C–C–N with tert-alkyl or cyclic N) is 1. The standard InChI is InChI=1S/C16H26N6O3/c1-4-6-14-17-15(25-20-14)9-21-7-12(13(23)8-21)22(5-2)10-16-19-18-11(3)24-16/h12-13,23H,4-10H2,1-3H3/t12-,13-/m1/s1. The van der Waals surface area contributed by atoms with E-state index in [2.05, 4.69) is 44.0 Å². The molecule has 0 amide bonds. The van der Waals surface area contributed by atoms with Crippen molar-refractivity contribution in [3.63, 3.8) is 0 Å². The molecule has 2 atom stereocenters. The van der Waals surface area contributed by atoms with Gasteiger partial charge in [-0.05, 0) is 13.0 Å². The number of hydrogen-bond donors (Lipinski definition) is 1. The van der Waals surface area contributed by atoms with E-state index < -0.39 is 6.10 Å². The lowest BCUT2D eigenvalue weighted by atomic mass is 10.2. The molecule has 2 aromatic heterocycles. The van der Waals surface area contributed by atoms with Crippen LogP contribution in [0.3, 0.4) is 0 Å². The molecule has 0 spiro atoms. The maximum absolute atomic E-state index is 10.5. The van der Waals surface area contributed by atoms with Crippen LogP contribution >= 0.6 is 0 Å². The summed E-state index contributed by atoms with van der Waals surface area (Å²) < 4.78 is 10.8. The quantitative estimate of drug-likeness (QED) is 0.739. The van der Waals surface area contributed by atoms with Crippen LogP contribution in [0.15, 0.2) is 8.94 Å². The van der Waals surface area contributed by atoms with Gasteiger partial charge in [-0.15, -0.1) is 10.2 Å². The smallest absolute Gasteiger partial charge is 0.240 e. The van der Waals surface area contributed by atoms with Crippen molar-refractivity contribution in [2.45, 2.75) is 58.8 Å². The van der Waals surface area contributed by atoms with Gasteiger partial charge in [0.15, 0.2) is 5.82 Å². The first-order valence-electron chi connectivity index (χ1n) is 8.84. The van der Waals surface area contributed by atoms with Crippen LogP contribution in [0.25, 0.3) is 0 Å². The minimum atomic E-state index is -0.443. The van der Waals surface area contributed by atoms with Crippen LogP contribution in [0.2, 0.25) is 0 Å². The molecule has 1 N–H and O–H groups in total. The van der Waals surface area contributed by atoms with Crippen molar-refractivity contribution in [2.24, 2.45) is 0 Å². The monoisotopic (exact) mass is 350 g/mol. The molecule has 0 aliphatic carbocycles. The Morgan fingerprint density at radius 3 is 2.76 bits per heavy atom. The van der Waals surface area contributed by atoms with E-state index in [0.29, 0.717) is 37.3 Å². The van der Waals surface area contributed by atoms with E-state index in [1.807, 2.05) is 0 Å². The van der Waals surface area contributed by atoms with Crippen LogP contribution in [0, 0.1) is 6.92 Å². The Morgan fingerprint density at radius 1 is 1.24 bits per heavy atom. The lowest BCUT2D eigenvalue weighted by Crippen LogP contribution is -2.42. The molecule has 1 saturated heterocycles. The van der Waals surface area contributed by atoms with Crippen molar-refractivity contribution in [1.29, 1.82) is 0 Å². The number of rotatable bonds is 8. The Bertz CT molecular complexity index is 672. The molecule has 3 rings (SSSR count). The van der Waals surface area contributed by atoms with Crippen molar-refractivity contribution in [3.8, 4) is 0 Å². The Morgan fingerprint density at radius 2 is 2.08 bits per heavy atom. The van der Waals surface area contributed by atoms with Gasteiger partial charge in [0.2, 0.25) is 17.7 Å². The number of hydrogen-bond acceptors (Lipinski definition) is 9. The molecular weight excluding hydrogens is 324 g/mol. The van der Waals surface area contributed by atoms with Crippen LogP contribution in [-0.2, 0) is 19.5 Å². The van der Waals surface area contributed by atoms with Crippen LogP contribution < -0.4 is 0 Å². The SMILES string of the molecule is CCCc1noc(CN2C[C@@H](O)[C@H](N(CC)Cc3nnc(C)o3)C2)n1. The van der Waals surface area contributed by atoms with Crippen LogP contribution in [0.5, 0.6) is 0 Å². The average molecular weight is 350 g/mol. The van der Waals surface area contributed by atoms with Gasteiger partial charge in [0, 0.05) is 26.4 Å². The fourth-order valence-electron chi connectivity index (χ4n) is 3.24. The highest BCUT2D eigenvalue weighted by Crippen LogP contribution is 2.20. The predicted molar refractivity (Wildman–Crippen MR) is 88.5 cm³/mol. The number of likely N-dealkylation sites (N-methyl/N-ethyl adjacent to an activating group) is 1. The van der Waals surface area contributed by atoms with Gasteiger partial charge < -0.3 is 14.0 Å². The molecule has 9 nitrogen and oxygen atoms in total. The largest absolute Gasteiger partial charge is 0.424 e. The molecule has 1 aliphatic rings. The second-order valence-corrected chi connectivity index (χ2v) is 6.46. The molecule has 9 heteroatoms. The Kier molecular flexibility index (Phi) is 5.77. The second-order valence-electron chi connectivity index (χ2n) is 6.46. The van der Waals surface area contributed by atoms with Gasteiger partial charge in [-0.2, -0.15) is 4.98 Å². The summed E-state index contributed by atoms with van der Waals surface area (Å²) in [5, 5.41) is 22.4. The zero-order valence-electron chi connectivity index (χ0n) is 15.1. The summed E-state index contributed by atoms with van der Waals surface area (Å²) in [6.45, 7) is 9.11. The molecule has 0 aromatic carbocycles. The second kappa shape index (κ2) is 8.03. The lowest BCUT2D eigenvalue weighted by molar-refractivity contribution is 0.0760. The van der Waals surface area contributed by atoms with Crippen molar-refractivity contribution < 1.29 is 14.0 Å². The number of aromatic nitrogens is 4. The van der Waals surface area contributed by atoms with Crippen molar-refractivity contribution in [1.82, 2.24) is 30.1 Å². The van der Waals surface area contributed by atoms with Crippen molar-refractivity contribution in [2.75, 3.05) is 19.6 Å². The van der Waals surface area contributed by atoms with E-state index in [1.165, 1.54) is 0 Å². The Labute approximate surface area is 147 Å². The lowest BCUT2D eigenvalue weighted by Gasteiger charge is -2.28. The highest BCUT2D eigenvalue weighted by molar-refractivity contribution is 4.95. The summed E-state index contributed by atoms with van der Waals surface area (Å²) in [6.07, 6.45) is 1.37. The normalized spacial score (nSPS) is 21.5. The van der Waals surface area contributed by atoms with E-state index in [-0.39, 0.29) is 6.04 Å². The highest BCUT2D eigenvalue weighted by atomic mass is 16.5. The number of aryl methyl sites for hydroxylation is 2. The molecule has 0 unspecified atom stereocenters. The number of likely N-dealkylation sites (tertiary alicyclic amines) is 1. The first-order chi connectivity index (χ1) is 12.1. The average Bonchev–Trinajstić information content (AvgIpc) is 3.28. The molecule has 3 heterocycles. The van der Waals surface area contributed by atoms with Crippen molar-refractivity contribution >= 4 is 0 Å². The molecule has 0 radical (unpaired) electrons. The molecular formula is C16H26N6O3. The maximum Gasteiger partial charge on any atom is 0.240 e. The Balaban J connectivity index is 1.59. The first-order valence-corrected chi connectivity index (χ1v) is 8.84. The van der Waals surface area contributed by atoms with E-state index >= 15 is 0 Å². The third-order valence-electron chi connectivity index (χ3n) is 4.46. The first kappa shape index (κ1) is 18.0. The summed E-state index contributed by atoms with van der Waals surface area (Å²) in [4.78, 5) is 8.70. The van der Waals surface area contributed by atoms with Gasteiger partial charge in [0.05, 0.1) is 25.2 Å². The third kappa shape index (κ3) is 4.42. The molecule has 1 fully saturated rings. The highest BCUT2D eigenvalue weighted by Gasteiger charge is 2.36. The van der Waals surface area contributed by atoms with Crippen LogP contribution in [-0.4, -0.2) is 67.0 Å². The third-order valence-corrected chi connectivity index (χ3v) is 4.46. The fraction of sp³-hybridized carbons (Fsp3) is 0.750. The van der Waals surface area contributed by atoms with E-state index in [1.54, 1.807) is 6.92 Å². The summed E-state index contributed by atoms with van der Waals surface area (Å²) in [6, 6.07) is 0.00948. The zero-order valence-corrected chi connectivity index (χ0v) is 15.1. The predicted octanol–water partition coefficient (Wildman–Crippen LogP) is 0.781. The summed E-state index contributed by atoms with van der Waals surface area (Å²) in [5.74, 6) is 2.48. The summed E-state index contributed by atoms with van der Waals surface area (Å²) in [5.41, 5.74) is 0. The molecule has 2 aromatic rings. The topological polar surface area (TPSA) is 105 Å². The summed E-state index contributed by atoms with van der Waals surface area (Å²) in [7, 11) is 0. The van der Waals surface area contributed by atoms with Crippen LogP contribution in [0.4, 0.5) is 0 Å². The summed E-state index contributed by atoms with van der Waals surface area (Å²) >= 11 is 0. The number of nitrogens with zero attached hydrogens (tertiary/aromatic N) is 6. The van der Waals surface area contributed by atoms with Gasteiger partial charge in [0.25, 0.3) is 0 Å². The van der Waals surface area contributed by atoms with Gasteiger partial charge in [-0.3, -0.25) is 9.80 Å². The number of aliphatic hydroxyl groups is 1. The van der Waals surface area contributed by atoms with Gasteiger partial charge in [0.1, 0.15) is 0 Å². The van der Waals surface area contributed by atoms with E-state index in [0.717, 1.165) is 31.8 Å². The van der Waals surface area contributed by atoms with Gasteiger partial charge in [-0.1, -0.05) is 19.0 Å². The molecule has 25 heavy (non-hydrogen) atoms. The van der Waals surface area contributed by atoms with E-state index in [9.17, 15) is 5.11 Å². The minimum absolute atomic E-state index is 0.00948. The zero-order chi connectivity index (χ0) is 17.8. The van der Waals surface area contributed by atoms with Gasteiger partial charge in [-0.25, -0.2) is 0 Å². The fourth-order valence-corrected chi connectivity index (χ4v) is 3.24. The van der Waals surface area contributed by atoms with Crippen molar-refractivity contribution in [3.05, 3.63) is 23.5 Å². The van der Waals surface area contributed by atoms with Gasteiger partial charge >= 0.3 is 0 Å². The maximum atomic E-state index is 10.5. The molecule has 138 valence electrons. The molecule has 0 bridgehead atoms. The minimum Gasteiger partial charge on any atom is -0.424 e. The number of aliphatic hydroxyl groups excluding tert-OH is 1. The molecule has 0 saturated carbocycles. The Hall–Kier alpha value is -1.84.